The fourth-order valence-corrected chi connectivity index (χ4v) is 4.27. The third-order valence-corrected chi connectivity index (χ3v) is 6.47. The second-order valence-electron chi connectivity index (χ2n) is 9.62. The molecule has 0 atom stereocenters. The summed E-state index contributed by atoms with van der Waals surface area (Å²) in [6.45, 7) is 14.1. The van der Waals surface area contributed by atoms with E-state index in [1.165, 1.54) is 71.5 Å². The Bertz CT molecular complexity index is 836. The molecule has 0 fully saturated rings. The Morgan fingerprint density at radius 3 is 1.44 bits per heavy atom. The minimum Gasteiger partial charge on any atom is -0.355 e. The van der Waals surface area contributed by atoms with Crippen LogP contribution in [0, 0.1) is 0 Å². The monoisotopic (exact) mass is 363 g/mol. The number of unbranched alkanes of at least 4 members (excludes halogenated alkanes) is 2. The molecule has 3 aromatic rings. The van der Waals surface area contributed by atoms with Crippen LogP contribution in [0.15, 0.2) is 36.4 Å². The van der Waals surface area contributed by atoms with Gasteiger partial charge in [0.25, 0.3) is 0 Å². The Morgan fingerprint density at radius 2 is 1.07 bits per heavy atom. The van der Waals surface area contributed by atoms with Crippen molar-refractivity contribution in [1.82, 2.24) is 4.98 Å². The molecular weight excluding hydrogens is 326 g/mol. The van der Waals surface area contributed by atoms with Gasteiger partial charge < -0.3 is 4.98 Å². The minimum absolute atomic E-state index is 0.228. The Kier molecular flexibility index (Phi) is 5.70. The lowest BCUT2D eigenvalue weighted by Crippen LogP contribution is -2.17. The van der Waals surface area contributed by atoms with Crippen LogP contribution in [0.4, 0.5) is 0 Å². The number of aromatic amines is 1. The maximum absolute atomic E-state index is 3.62. The van der Waals surface area contributed by atoms with Crippen molar-refractivity contribution in [3.63, 3.8) is 0 Å². The molecule has 0 aliphatic rings. The van der Waals surface area contributed by atoms with Crippen LogP contribution in [0.5, 0.6) is 0 Å². The van der Waals surface area contributed by atoms with Crippen LogP contribution in [-0.2, 0) is 10.8 Å². The van der Waals surface area contributed by atoms with Gasteiger partial charge in [-0.2, -0.15) is 0 Å². The maximum Gasteiger partial charge on any atom is 0.0465 e. The van der Waals surface area contributed by atoms with E-state index in [1.54, 1.807) is 0 Å². The highest BCUT2D eigenvalue weighted by Crippen LogP contribution is 2.36. The van der Waals surface area contributed by atoms with Crippen molar-refractivity contribution < 1.29 is 0 Å². The highest BCUT2D eigenvalue weighted by molar-refractivity contribution is 6.07. The molecule has 0 bridgehead atoms. The van der Waals surface area contributed by atoms with Gasteiger partial charge in [-0.1, -0.05) is 79.4 Å². The lowest BCUT2D eigenvalue weighted by atomic mass is 9.79. The molecule has 1 heterocycles. The number of benzene rings is 2. The van der Waals surface area contributed by atoms with E-state index in [-0.39, 0.29) is 10.8 Å². The van der Waals surface area contributed by atoms with Crippen LogP contribution >= 0.6 is 0 Å². The Hall–Kier alpha value is -1.76. The van der Waals surface area contributed by atoms with Gasteiger partial charge in [-0.15, -0.1) is 0 Å². The second kappa shape index (κ2) is 7.70. The molecule has 1 heteroatoms. The summed E-state index contributed by atoms with van der Waals surface area (Å²) in [4.78, 5) is 3.62. The van der Waals surface area contributed by atoms with Crippen molar-refractivity contribution in [2.75, 3.05) is 0 Å². The summed E-state index contributed by atoms with van der Waals surface area (Å²) in [5.74, 6) is 0. The van der Waals surface area contributed by atoms with Crippen LogP contribution in [0.3, 0.4) is 0 Å². The normalized spacial score (nSPS) is 13.0. The van der Waals surface area contributed by atoms with E-state index in [0.717, 1.165) is 0 Å². The number of H-pyrrole nitrogens is 1. The third-order valence-electron chi connectivity index (χ3n) is 6.47. The van der Waals surface area contributed by atoms with Gasteiger partial charge in [0.1, 0.15) is 0 Å². The summed E-state index contributed by atoms with van der Waals surface area (Å²) in [5.41, 5.74) is 5.88. The molecule has 0 aliphatic carbocycles. The standard InChI is InChI=1S/C26H37N/c1-7-9-15-25(3,4)19-11-13-23-21(17-19)22-18-20(12-14-24(22)27-23)26(5,6)16-10-8-2/h11-14,17-18,27H,7-10,15-16H2,1-6H3. The summed E-state index contributed by atoms with van der Waals surface area (Å²) < 4.78 is 0. The zero-order valence-electron chi connectivity index (χ0n) is 18.2. The molecule has 27 heavy (non-hydrogen) atoms. The summed E-state index contributed by atoms with van der Waals surface area (Å²) >= 11 is 0. The summed E-state index contributed by atoms with van der Waals surface area (Å²) in [5, 5.41) is 2.75. The Labute approximate surface area is 165 Å². The minimum atomic E-state index is 0.228. The molecule has 2 aromatic carbocycles. The fourth-order valence-electron chi connectivity index (χ4n) is 4.27. The van der Waals surface area contributed by atoms with E-state index in [9.17, 15) is 0 Å². The predicted molar refractivity (Wildman–Crippen MR) is 121 cm³/mol. The van der Waals surface area contributed by atoms with Crippen molar-refractivity contribution in [1.29, 1.82) is 0 Å². The lowest BCUT2D eigenvalue weighted by Gasteiger charge is -2.26. The van der Waals surface area contributed by atoms with Gasteiger partial charge in [-0.05, 0) is 59.1 Å². The highest BCUT2D eigenvalue weighted by Gasteiger charge is 2.23. The van der Waals surface area contributed by atoms with Gasteiger partial charge in [-0.3, -0.25) is 0 Å². The summed E-state index contributed by atoms with van der Waals surface area (Å²) in [7, 11) is 0. The van der Waals surface area contributed by atoms with E-state index in [4.69, 9.17) is 0 Å². The van der Waals surface area contributed by atoms with Crippen molar-refractivity contribution in [3.05, 3.63) is 47.5 Å². The molecule has 1 aromatic heterocycles. The number of rotatable bonds is 8. The molecule has 0 saturated carbocycles. The van der Waals surface area contributed by atoms with E-state index in [1.807, 2.05) is 0 Å². The molecule has 1 N–H and O–H groups in total. The Morgan fingerprint density at radius 1 is 0.667 bits per heavy atom. The highest BCUT2D eigenvalue weighted by atomic mass is 14.7. The Balaban J connectivity index is 2.07. The van der Waals surface area contributed by atoms with Gasteiger partial charge in [0, 0.05) is 21.8 Å². The number of hydrogen-bond donors (Lipinski definition) is 1. The molecule has 146 valence electrons. The van der Waals surface area contributed by atoms with E-state index >= 15 is 0 Å². The zero-order valence-corrected chi connectivity index (χ0v) is 18.2. The average Bonchev–Trinajstić information content (AvgIpc) is 3.02. The first-order valence-corrected chi connectivity index (χ1v) is 10.8. The van der Waals surface area contributed by atoms with Crippen LogP contribution < -0.4 is 0 Å². The van der Waals surface area contributed by atoms with Gasteiger partial charge in [0.15, 0.2) is 0 Å². The number of fused-ring (bicyclic) bond motifs is 3. The van der Waals surface area contributed by atoms with Gasteiger partial charge in [0.05, 0.1) is 0 Å². The van der Waals surface area contributed by atoms with Crippen LogP contribution in [0.2, 0.25) is 0 Å². The third kappa shape index (κ3) is 4.08. The molecule has 0 unspecified atom stereocenters. The molecule has 0 amide bonds. The largest absolute Gasteiger partial charge is 0.355 e. The second-order valence-corrected chi connectivity index (χ2v) is 9.62. The SMILES string of the molecule is CCCCC(C)(C)c1ccc2[nH]c3ccc(C(C)(C)CCCC)cc3c2c1. The molecule has 0 radical (unpaired) electrons. The lowest BCUT2D eigenvalue weighted by molar-refractivity contribution is 0.458. The molecular formula is C26H37N. The number of hydrogen-bond acceptors (Lipinski definition) is 0. The van der Waals surface area contributed by atoms with E-state index in [2.05, 4.69) is 82.9 Å². The van der Waals surface area contributed by atoms with Crippen molar-refractivity contribution >= 4 is 21.8 Å². The summed E-state index contributed by atoms with van der Waals surface area (Å²) in [6, 6.07) is 14.1. The number of nitrogens with one attached hydrogen (secondary N) is 1. The van der Waals surface area contributed by atoms with Crippen LogP contribution in [0.25, 0.3) is 21.8 Å². The van der Waals surface area contributed by atoms with Crippen molar-refractivity contribution in [2.45, 2.75) is 90.9 Å². The molecule has 1 nitrogen and oxygen atoms in total. The maximum atomic E-state index is 3.62. The first kappa shape index (κ1) is 20.0. The van der Waals surface area contributed by atoms with Gasteiger partial charge in [0.2, 0.25) is 0 Å². The first-order chi connectivity index (χ1) is 12.8. The van der Waals surface area contributed by atoms with Gasteiger partial charge >= 0.3 is 0 Å². The fraction of sp³-hybridized carbons (Fsp3) is 0.538. The van der Waals surface area contributed by atoms with E-state index in [0.29, 0.717) is 0 Å². The van der Waals surface area contributed by atoms with Crippen LogP contribution in [-0.4, -0.2) is 4.98 Å². The smallest absolute Gasteiger partial charge is 0.0465 e. The predicted octanol–water partition coefficient (Wildman–Crippen LogP) is 8.26. The zero-order chi connectivity index (χ0) is 19.7. The van der Waals surface area contributed by atoms with Crippen molar-refractivity contribution in [2.24, 2.45) is 0 Å². The quantitative estimate of drug-likeness (QED) is 0.414. The molecule has 0 saturated heterocycles. The summed E-state index contributed by atoms with van der Waals surface area (Å²) in [6.07, 6.45) is 7.58. The van der Waals surface area contributed by atoms with Crippen LogP contribution in [0.1, 0.15) is 91.2 Å². The average molecular weight is 364 g/mol. The number of aromatic nitrogens is 1. The topological polar surface area (TPSA) is 15.8 Å². The molecule has 0 spiro atoms. The van der Waals surface area contributed by atoms with E-state index < -0.39 is 0 Å². The molecule has 0 aliphatic heterocycles. The first-order valence-electron chi connectivity index (χ1n) is 10.8. The molecule has 3 rings (SSSR count). The van der Waals surface area contributed by atoms with Crippen molar-refractivity contribution in [3.8, 4) is 0 Å². The van der Waals surface area contributed by atoms with Gasteiger partial charge in [-0.25, -0.2) is 0 Å².